The molecule has 1 N–H and O–H groups in total. The fraction of sp³-hybridized carbons (Fsp3) is 0.889. The van der Waals surface area contributed by atoms with E-state index in [1.54, 1.807) is 0 Å². The number of carbonyl (C=O) groups excluding carboxylic acids is 1. The Kier molecular flexibility index (Phi) is 3.04. The maximum atomic E-state index is 12.1. The Balaban J connectivity index is 1.15. The van der Waals surface area contributed by atoms with Gasteiger partial charge in [0.1, 0.15) is 0 Å². The van der Waals surface area contributed by atoms with Crippen LogP contribution in [0.3, 0.4) is 0 Å². The Hall–Kier alpha value is -0.670. The van der Waals surface area contributed by atoms with Gasteiger partial charge in [-0.3, -0.25) is 4.79 Å². The van der Waals surface area contributed by atoms with E-state index in [9.17, 15) is 4.79 Å². The quantitative estimate of drug-likeness (QED) is 0.635. The zero-order chi connectivity index (χ0) is 20.1. The first-order valence-electron chi connectivity index (χ1n) is 13.1. The minimum Gasteiger partial charge on any atom is -0.369 e. The van der Waals surface area contributed by atoms with Crippen LogP contribution in [0, 0.1) is 45.8 Å². The molecule has 11 atom stereocenters. The van der Waals surface area contributed by atoms with Crippen molar-refractivity contribution in [2.24, 2.45) is 45.8 Å². The van der Waals surface area contributed by atoms with Gasteiger partial charge in [0.05, 0.1) is 11.7 Å². The SMILES string of the molecule is C[C@@H]1CN[C@H]2[C@H]3CC45CC46C[C@H]4[C@@H](CCC7=CC(=O)CC[C@@]74C)[C@@H]6CCC35O[C@@H]2C1. The highest BCUT2D eigenvalue weighted by molar-refractivity contribution is 5.91. The van der Waals surface area contributed by atoms with Crippen molar-refractivity contribution in [1.82, 2.24) is 5.32 Å². The molecular formula is C27H37NO2. The summed E-state index contributed by atoms with van der Waals surface area (Å²) in [5, 5.41) is 3.92. The average molecular weight is 408 g/mol. The van der Waals surface area contributed by atoms with Crippen LogP contribution in [0.1, 0.15) is 78.1 Å². The van der Waals surface area contributed by atoms with E-state index in [0.29, 0.717) is 34.2 Å². The fourth-order valence-electron chi connectivity index (χ4n) is 11.4. The number of nitrogens with one attached hydrogen (secondary N) is 1. The number of ketones is 1. The molecule has 162 valence electrons. The summed E-state index contributed by atoms with van der Waals surface area (Å²) in [6.07, 6.45) is 15.4. The molecule has 30 heavy (non-hydrogen) atoms. The number of ether oxygens (including phenoxy) is 1. The molecule has 0 aromatic carbocycles. The van der Waals surface area contributed by atoms with Crippen molar-refractivity contribution in [3.8, 4) is 0 Å². The standard InChI is InChI=1S/C27H37NO2/c1-15-9-22-23(28-13-15)21-12-26-14-25(26)11-20-18(19(25)6-8-27(21,26)30-22)4-3-16-10-17(29)5-7-24(16,20)2/h10,15,18-23,28H,3-9,11-14H2,1-2H3/t15-,18-,19-,20-,21+,22+,23-,24-,25?,26?,27?/m0/s1. The van der Waals surface area contributed by atoms with Crippen LogP contribution in [-0.4, -0.2) is 30.1 Å². The van der Waals surface area contributed by atoms with E-state index in [0.717, 1.165) is 42.4 Å². The van der Waals surface area contributed by atoms with Crippen LogP contribution < -0.4 is 5.32 Å². The molecule has 3 spiro atoms. The predicted molar refractivity (Wildman–Crippen MR) is 115 cm³/mol. The zero-order valence-electron chi connectivity index (χ0n) is 18.7. The zero-order valence-corrected chi connectivity index (χ0v) is 18.7. The molecule has 6 aliphatic carbocycles. The van der Waals surface area contributed by atoms with Gasteiger partial charge < -0.3 is 10.1 Å². The lowest BCUT2D eigenvalue weighted by Crippen LogP contribution is -2.64. The number of piperidine rings is 1. The molecule has 0 bridgehead atoms. The molecule has 5 saturated carbocycles. The molecule has 0 aromatic heterocycles. The van der Waals surface area contributed by atoms with E-state index in [1.807, 2.05) is 0 Å². The lowest BCUT2D eigenvalue weighted by molar-refractivity contribution is -0.211. The monoisotopic (exact) mass is 407 g/mol. The van der Waals surface area contributed by atoms with E-state index >= 15 is 0 Å². The minimum atomic E-state index is 0.228. The Bertz CT molecular complexity index is 895. The van der Waals surface area contributed by atoms with Crippen LogP contribution in [0.15, 0.2) is 11.6 Å². The number of hydrogen-bond acceptors (Lipinski definition) is 3. The molecular weight excluding hydrogens is 370 g/mol. The van der Waals surface area contributed by atoms with E-state index in [2.05, 4.69) is 25.2 Å². The molecule has 2 saturated heterocycles. The summed E-state index contributed by atoms with van der Waals surface area (Å²) < 4.78 is 7.15. The Morgan fingerprint density at radius 2 is 2.00 bits per heavy atom. The number of rotatable bonds is 0. The number of hydrogen-bond donors (Lipinski definition) is 1. The maximum Gasteiger partial charge on any atom is 0.155 e. The van der Waals surface area contributed by atoms with Crippen molar-refractivity contribution < 1.29 is 9.53 Å². The summed E-state index contributed by atoms with van der Waals surface area (Å²) in [5.74, 6) is 4.62. The summed E-state index contributed by atoms with van der Waals surface area (Å²) in [7, 11) is 0. The Labute approximate surface area is 180 Å². The highest BCUT2D eigenvalue weighted by Gasteiger charge is 2.91. The second kappa shape index (κ2) is 5.11. The normalized spacial score (nSPS) is 64.4. The molecule has 3 unspecified atom stereocenters. The van der Waals surface area contributed by atoms with E-state index in [-0.39, 0.29) is 5.60 Å². The van der Waals surface area contributed by atoms with E-state index < -0.39 is 0 Å². The van der Waals surface area contributed by atoms with Crippen molar-refractivity contribution >= 4 is 5.78 Å². The smallest absolute Gasteiger partial charge is 0.155 e. The van der Waals surface area contributed by atoms with Crippen LogP contribution in [0.2, 0.25) is 0 Å². The molecule has 3 heteroatoms. The van der Waals surface area contributed by atoms with Crippen molar-refractivity contribution in [3.05, 3.63) is 11.6 Å². The first-order valence-corrected chi connectivity index (χ1v) is 13.1. The van der Waals surface area contributed by atoms with Gasteiger partial charge in [-0.05, 0) is 105 Å². The van der Waals surface area contributed by atoms with Crippen LogP contribution in [0.5, 0.6) is 0 Å². The molecule has 2 heterocycles. The van der Waals surface area contributed by atoms with Gasteiger partial charge in [0.25, 0.3) is 0 Å². The highest BCUT2D eigenvalue weighted by Crippen LogP contribution is 2.93. The van der Waals surface area contributed by atoms with Crippen molar-refractivity contribution in [3.63, 3.8) is 0 Å². The minimum absolute atomic E-state index is 0.228. The molecule has 2 aliphatic heterocycles. The third-order valence-corrected chi connectivity index (χ3v) is 12.6. The van der Waals surface area contributed by atoms with Gasteiger partial charge in [0, 0.05) is 23.8 Å². The maximum absolute atomic E-state index is 12.1. The fourth-order valence-corrected chi connectivity index (χ4v) is 11.4. The van der Waals surface area contributed by atoms with Crippen LogP contribution >= 0.6 is 0 Å². The largest absolute Gasteiger partial charge is 0.369 e. The summed E-state index contributed by atoms with van der Waals surface area (Å²) >= 11 is 0. The van der Waals surface area contributed by atoms with E-state index in [1.165, 1.54) is 63.5 Å². The van der Waals surface area contributed by atoms with Gasteiger partial charge >= 0.3 is 0 Å². The Morgan fingerprint density at radius 1 is 1.10 bits per heavy atom. The first-order chi connectivity index (χ1) is 14.4. The predicted octanol–water partition coefficient (Wildman–Crippen LogP) is 4.65. The molecule has 0 radical (unpaired) electrons. The summed E-state index contributed by atoms with van der Waals surface area (Å²) in [5.41, 5.74) is 3.18. The molecule has 0 amide bonds. The van der Waals surface area contributed by atoms with Crippen molar-refractivity contribution in [1.29, 1.82) is 0 Å². The van der Waals surface area contributed by atoms with E-state index in [4.69, 9.17) is 4.74 Å². The molecule has 8 aliphatic rings. The molecule has 7 fully saturated rings. The summed E-state index contributed by atoms with van der Waals surface area (Å²) in [6.45, 7) is 6.11. The third-order valence-electron chi connectivity index (χ3n) is 12.6. The summed E-state index contributed by atoms with van der Waals surface area (Å²) in [4.78, 5) is 12.1. The number of carbonyl (C=O) groups is 1. The lowest BCUT2D eigenvalue weighted by Gasteiger charge is -2.60. The second-order valence-corrected chi connectivity index (χ2v) is 13.3. The van der Waals surface area contributed by atoms with Crippen LogP contribution in [0.4, 0.5) is 0 Å². The Morgan fingerprint density at radius 3 is 2.90 bits per heavy atom. The molecule has 8 rings (SSSR count). The van der Waals surface area contributed by atoms with Gasteiger partial charge in [-0.2, -0.15) is 0 Å². The molecule has 3 nitrogen and oxygen atoms in total. The van der Waals surface area contributed by atoms with Gasteiger partial charge in [-0.1, -0.05) is 19.4 Å². The third kappa shape index (κ3) is 1.68. The molecule has 0 aromatic rings. The number of allylic oxidation sites excluding steroid dienone is 2. The van der Waals surface area contributed by atoms with Crippen LogP contribution in [-0.2, 0) is 9.53 Å². The van der Waals surface area contributed by atoms with Crippen LogP contribution in [0.25, 0.3) is 0 Å². The highest BCUT2D eigenvalue weighted by atomic mass is 16.5. The van der Waals surface area contributed by atoms with Crippen molar-refractivity contribution in [2.75, 3.05) is 6.54 Å². The van der Waals surface area contributed by atoms with Crippen molar-refractivity contribution in [2.45, 2.75) is 95.8 Å². The van der Waals surface area contributed by atoms with Gasteiger partial charge in [-0.15, -0.1) is 0 Å². The lowest BCUT2D eigenvalue weighted by atomic mass is 9.48. The van der Waals surface area contributed by atoms with Gasteiger partial charge in [-0.25, -0.2) is 0 Å². The first kappa shape index (κ1) is 17.8. The topological polar surface area (TPSA) is 38.3 Å². The van der Waals surface area contributed by atoms with Gasteiger partial charge in [0.2, 0.25) is 0 Å². The summed E-state index contributed by atoms with van der Waals surface area (Å²) in [6, 6.07) is 0.640. The average Bonchev–Trinajstić information content (AvgIpc) is 3.20. The number of fused-ring (bicyclic) bond motifs is 6. The second-order valence-electron chi connectivity index (χ2n) is 13.3. The van der Waals surface area contributed by atoms with Gasteiger partial charge in [0.15, 0.2) is 5.78 Å².